The smallest absolute Gasteiger partial charge is 0.462 e. The fraction of sp³-hybridized carbons (Fsp3) is 0.696. The molecule has 0 aromatic rings. The topological polar surface area (TPSA) is 121 Å². The first kappa shape index (κ1) is 52.4. The number of hydrogen-bond donors (Lipinski definition) is 1. The number of quaternary nitrogens is 1. The maximum absolute atomic E-state index is 12.7. The van der Waals surface area contributed by atoms with Gasteiger partial charge in [0.05, 0.1) is 40.0 Å². The van der Waals surface area contributed by atoms with Crippen LogP contribution in [0.2, 0.25) is 0 Å². The molecule has 57 heavy (non-hydrogen) atoms. The highest BCUT2D eigenvalue weighted by Gasteiger charge is 2.36. The Bertz CT molecular complexity index is 1270. The van der Waals surface area contributed by atoms with E-state index in [1.165, 1.54) is 32.1 Å². The minimum absolute atomic E-state index is 0.0113. The number of ether oxygens (including phenoxy) is 3. The summed E-state index contributed by atoms with van der Waals surface area (Å²) in [6.45, 7) is 4.16. The molecule has 0 aromatic heterocycles. The Morgan fingerprint density at radius 1 is 0.649 bits per heavy atom. The van der Waals surface area contributed by atoms with Gasteiger partial charge in [-0.15, -0.1) is 0 Å². The van der Waals surface area contributed by atoms with Gasteiger partial charge in [-0.1, -0.05) is 125 Å². The zero-order chi connectivity index (χ0) is 41.9. The van der Waals surface area contributed by atoms with Crippen molar-refractivity contribution in [3.63, 3.8) is 0 Å². The Hall–Kier alpha value is -2.59. The molecule has 4 unspecified atom stereocenters. The molecule has 1 fully saturated rings. The molecule has 0 spiro atoms. The third-order valence-electron chi connectivity index (χ3n) is 9.14. The summed E-state index contributed by atoms with van der Waals surface area (Å²) in [6.07, 6.45) is 44.3. The van der Waals surface area contributed by atoms with Crippen molar-refractivity contribution < 1.29 is 46.8 Å². The number of epoxide rings is 1. The van der Waals surface area contributed by atoms with E-state index in [0.717, 1.165) is 70.6 Å². The molecular formula is C46H79NO9P+. The van der Waals surface area contributed by atoms with Gasteiger partial charge in [0.1, 0.15) is 19.8 Å². The minimum atomic E-state index is -4.40. The van der Waals surface area contributed by atoms with Crippen LogP contribution in [0.25, 0.3) is 0 Å². The number of hydrogen-bond acceptors (Lipinski definition) is 8. The van der Waals surface area contributed by atoms with Crippen LogP contribution in [0.4, 0.5) is 0 Å². The number of nitrogens with zero attached hydrogens (tertiary/aromatic N) is 1. The second-order valence-electron chi connectivity index (χ2n) is 15.7. The summed E-state index contributed by atoms with van der Waals surface area (Å²) in [5.74, 6) is -0.918. The molecule has 0 aliphatic carbocycles. The molecule has 0 amide bonds. The van der Waals surface area contributed by atoms with Crippen LogP contribution in [0.3, 0.4) is 0 Å². The molecular weight excluding hydrogens is 741 g/mol. The Kier molecular flexibility index (Phi) is 31.5. The zero-order valence-electron chi connectivity index (χ0n) is 36.2. The third-order valence-corrected chi connectivity index (χ3v) is 10.1. The summed E-state index contributed by atoms with van der Waals surface area (Å²) in [4.78, 5) is 35.3. The summed E-state index contributed by atoms with van der Waals surface area (Å²) >= 11 is 0. The number of unbranched alkanes of at least 4 members (excludes halogenated alkanes) is 9. The van der Waals surface area contributed by atoms with Gasteiger partial charge in [0.2, 0.25) is 0 Å². The number of phosphoric ester groups is 1. The second-order valence-corrected chi connectivity index (χ2v) is 17.2. The molecule has 10 nitrogen and oxygen atoms in total. The Labute approximate surface area is 346 Å². The van der Waals surface area contributed by atoms with Crippen molar-refractivity contribution in [3.8, 4) is 0 Å². The third kappa shape index (κ3) is 35.1. The molecule has 1 aliphatic rings. The van der Waals surface area contributed by atoms with Crippen LogP contribution >= 0.6 is 7.82 Å². The average molecular weight is 821 g/mol. The molecule has 11 heteroatoms. The van der Waals surface area contributed by atoms with Gasteiger partial charge in [-0.3, -0.25) is 18.6 Å². The van der Waals surface area contributed by atoms with Gasteiger partial charge in [-0.2, -0.15) is 0 Å². The van der Waals surface area contributed by atoms with Gasteiger partial charge in [-0.25, -0.2) is 4.57 Å². The molecule has 1 N–H and O–H groups in total. The van der Waals surface area contributed by atoms with Gasteiger partial charge in [-0.05, 0) is 77.0 Å². The summed E-state index contributed by atoms with van der Waals surface area (Å²) < 4.78 is 39.8. The predicted octanol–water partition coefficient (Wildman–Crippen LogP) is 11.2. The number of phosphoric acid groups is 1. The highest BCUT2D eigenvalue weighted by molar-refractivity contribution is 7.47. The average Bonchev–Trinajstić information content (AvgIpc) is 3.91. The highest BCUT2D eigenvalue weighted by atomic mass is 31.2. The van der Waals surface area contributed by atoms with E-state index in [0.29, 0.717) is 36.1 Å². The largest absolute Gasteiger partial charge is 0.472 e. The second kappa shape index (κ2) is 34.3. The number of carbonyl (C=O) groups is 2. The van der Waals surface area contributed by atoms with Crippen LogP contribution in [-0.2, 0) is 37.4 Å². The predicted molar refractivity (Wildman–Crippen MR) is 233 cm³/mol. The lowest BCUT2D eigenvalue weighted by Crippen LogP contribution is -2.37. The van der Waals surface area contributed by atoms with Crippen molar-refractivity contribution in [2.24, 2.45) is 0 Å². The molecule has 0 saturated carbocycles. The summed E-state index contributed by atoms with van der Waals surface area (Å²) in [6, 6.07) is 0. The monoisotopic (exact) mass is 821 g/mol. The van der Waals surface area contributed by atoms with Gasteiger partial charge in [0.25, 0.3) is 0 Å². The highest BCUT2D eigenvalue weighted by Crippen LogP contribution is 2.43. The van der Waals surface area contributed by atoms with Crippen molar-refractivity contribution in [2.45, 2.75) is 161 Å². The SMILES string of the molecule is CC/C=C\CC1OC1C/C=C\C/C=C\C/C=C\C/C=C\CCC(=O)OC(COC(=O)CCCCCCC/C=C\CCCCCC)COP(=O)(O)OCC[N+](C)(C)C. The van der Waals surface area contributed by atoms with Gasteiger partial charge >= 0.3 is 19.8 Å². The van der Waals surface area contributed by atoms with Crippen molar-refractivity contribution in [1.29, 1.82) is 0 Å². The quantitative estimate of drug-likeness (QED) is 0.0163. The Morgan fingerprint density at radius 2 is 1.19 bits per heavy atom. The molecule has 1 rings (SSSR count). The van der Waals surface area contributed by atoms with E-state index in [9.17, 15) is 19.0 Å². The molecule has 1 heterocycles. The first-order valence-electron chi connectivity index (χ1n) is 21.8. The lowest BCUT2D eigenvalue weighted by molar-refractivity contribution is -0.870. The van der Waals surface area contributed by atoms with Crippen LogP contribution < -0.4 is 0 Å². The maximum Gasteiger partial charge on any atom is 0.472 e. The molecule has 326 valence electrons. The van der Waals surface area contributed by atoms with E-state index in [4.69, 9.17) is 23.3 Å². The molecule has 0 bridgehead atoms. The van der Waals surface area contributed by atoms with Gasteiger partial charge in [0.15, 0.2) is 6.10 Å². The fourth-order valence-corrected chi connectivity index (χ4v) is 6.35. The molecule has 0 aromatic carbocycles. The van der Waals surface area contributed by atoms with Crippen LogP contribution in [0.15, 0.2) is 72.9 Å². The lowest BCUT2D eigenvalue weighted by atomic mass is 10.1. The number of likely N-dealkylation sites (N-methyl/N-ethyl adjacent to an activating group) is 1. The van der Waals surface area contributed by atoms with E-state index in [2.05, 4.69) is 74.6 Å². The molecule has 4 atom stereocenters. The van der Waals surface area contributed by atoms with Crippen molar-refractivity contribution in [3.05, 3.63) is 72.9 Å². The maximum atomic E-state index is 12.7. The number of carbonyl (C=O) groups excluding carboxylic acids is 2. The first-order valence-corrected chi connectivity index (χ1v) is 23.3. The molecule has 1 aliphatic heterocycles. The van der Waals surface area contributed by atoms with Crippen molar-refractivity contribution in [2.75, 3.05) is 47.5 Å². The van der Waals surface area contributed by atoms with Crippen molar-refractivity contribution in [1.82, 2.24) is 0 Å². The van der Waals surface area contributed by atoms with Gasteiger partial charge < -0.3 is 23.6 Å². The van der Waals surface area contributed by atoms with E-state index < -0.39 is 32.5 Å². The number of allylic oxidation sites excluding steroid dienone is 10. The van der Waals surface area contributed by atoms with E-state index in [1.807, 2.05) is 33.3 Å². The number of rotatable bonds is 37. The fourth-order valence-electron chi connectivity index (χ4n) is 5.60. The van der Waals surface area contributed by atoms with Crippen LogP contribution in [0.1, 0.15) is 142 Å². The van der Waals surface area contributed by atoms with Crippen molar-refractivity contribution >= 4 is 19.8 Å². The number of esters is 2. The van der Waals surface area contributed by atoms with E-state index in [-0.39, 0.29) is 26.1 Å². The standard InChI is InChI=1S/C46H78NO9P/c1-6-8-10-11-12-13-14-15-19-22-25-28-32-36-45(48)52-40-42(41-54-57(50,51)53-39-38-47(3,4)5)55-46(49)37-33-29-26-23-20-17-16-18-21-24-27-31-35-44-43(56-44)34-30-9-7-2/h9,13-14,17-18,20-21,26-27,29-31,42-44H,6-8,10-12,15-16,19,22-25,28,32-41H2,1-5H3/p+1/b14-13-,20-17-,21-18-,29-26-,30-9-,31-27-. The van der Waals surface area contributed by atoms with E-state index in [1.54, 1.807) is 0 Å². The lowest BCUT2D eigenvalue weighted by Gasteiger charge is -2.24. The Morgan fingerprint density at radius 3 is 1.81 bits per heavy atom. The van der Waals surface area contributed by atoms with Gasteiger partial charge in [0, 0.05) is 12.8 Å². The summed E-state index contributed by atoms with van der Waals surface area (Å²) in [7, 11) is 1.41. The van der Waals surface area contributed by atoms with Crippen LogP contribution in [0.5, 0.6) is 0 Å². The molecule has 0 radical (unpaired) electrons. The van der Waals surface area contributed by atoms with Crippen LogP contribution in [0, 0.1) is 0 Å². The Balaban J connectivity index is 2.35. The van der Waals surface area contributed by atoms with E-state index >= 15 is 0 Å². The minimum Gasteiger partial charge on any atom is -0.462 e. The van der Waals surface area contributed by atoms with Crippen LogP contribution in [-0.4, -0.2) is 87.1 Å². The summed E-state index contributed by atoms with van der Waals surface area (Å²) in [5, 5.41) is 0. The normalized spacial score (nSPS) is 17.9. The summed E-state index contributed by atoms with van der Waals surface area (Å²) in [5.41, 5.74) is 0. The first-order chi connectivity index (χ1) is 27.5. The molecule has 1 saturated heterocycles. The zero-order valence-corrected chi connectivity index (χ0v) is 37.1.